The quantitative estimate of drug-likeness (QED) is 0.771. The van der Waals surface area contributed by atoms with Gasteiger partial charge in [-0.1, -0.05) is 0 Å². The van der Waals surface area contributed by atoms with E-state index in [-0.39, 0.29) is 11.8 Å². The Morgan fingerprint density at radius 2 is 2.19 bits per heavy atom. The van der Waals surface area contributed by atoms with E-state index in [4.69, 9.17) is 5.11 Å². The predicted molar refractivity (Wildman–Crippen MR) is 54.8 cm³/mol. The van der Waals surface area contributed by atoms with Crippen molar-refractivity contribution in [2.75, 3.05) is 6.54 Å². The van der Waals surface area contributed by atoms with Crippen LogP contribution in [0.15, 0.2) is 18.2 Å². The summed E-state index contributed by atoms with van der Waals surface area (Å²) in [4.78, 5) is 12.2. The summed E-state index contributed by atoms with van der Waals surface area (Å²) in [6, 6.07) is 3.34. The van der Waals surface area contributed by atoms with Crippen LogP contribution in [0.25, 0.3) is 0 Å². The van der Waals surface area contributed by atoms with Crippen molar-refractivity contribution in [2.24, 2.45) is 0 Å². The maximum absolute atomic E-state index is 13.1. The van der Waals surface area contributed by atoms with Crippen molar-refractivity contribution in [3.05, 3.63) is 29.6 Å². The van der Waals surface area contributed by atoms with Crippen molar-refractivity contribution in [3.63, 3.8) is 0 Å². The normalized spacial score (nSPS) is 20.1. The number of phenolic OH excluding ortho intramolecular Hbond substituents is 1. The first-order valence-corrected chi connectivity index (χ1v) is 5.07. The second kappa shape index (κ2) is 4.00. The van der Waals surface area contributed by atoms with Crippen molar-refractivity contribution in [2.45, 2.75) is 18.9 Å². The maximum Gasteiger partial charge on any atom is 0.407 e. The summed E-state index contributed by atoms with van der Waals surface area (Å²) >= 11 is 0. The molecule has 1 aliphatic heterocycles. The molecule has 0 radical (unpaired) electrons. The van der Waals surface area contributed by atoms with E-state index >= 15 is 0 Å². The average molecular weight is 225 g/mol. The first-order chi connectivity index (χ1) is 7.58. The van der Waals surface area contributed by atoms with E-state index in [2.05, 4.69) is 0 Å². The highest BCUT2D eigenvalue weighted by molar-refractivity contribution is 5.66. The van der Waals surface area contributed by atoms with Crippen LogP contribution in [0, 0.1) is 5.82 Å². The van der Waals surface area contributed by atoms with Crippen LogP contribution in [0.3, 0.4) is 0 Å². The number of benzene rings is 1. The fourth-order valence-corrected chi connectivity index (χ4v) is 2.13. The lowest BCUT2D eigenvalue weighted by atomic mass is 10.0. The zero-order valence-electron chi connectivity index (χ0n) is 8.56. The molecule has 1 aromatic carbocycles. The molecule has 1 amide bonds. The average Bonchev–Trinajstić information content (AvgIpc) is 2.63. The molecule has 2 N–H and O–H groups in total. The first kappa shape index (κ1) is 10.7. The van der Waals surface area contributed by atoms with E-state index in [0.717, 1.165) is 12.5 Å². The summed E-state index contributed by atoms with van der Waals surface area (Å²) in [7, 11) is 0. The highest BCUT2D eigenvalue weighted by atomic mass is 19.1. The van der Waals surface area contributed by atoms with Crippen LogP contribution in [-0.2, 0) is 0 Å². The molecule has 0 spiro atoms. The lowest BCUT2D eigenvalue weighted by Gasteiger charge is -2.21. The Labute approximate surface area is 91.9 Å². The Kier molecular flexibility index (Phi) is 2.68. The Bertz CT molecular complexity index is 401. The molecule has 4 nitrogen and oxygen atoms in total. The molecule has 5 heteroatoms. The number of hydrogen-bond donors (Lipinski definition) is 2. The zero-order chi connectivity index (χ0) is 11.7. The molecule has 0 aromatic heterocycles. The van der Waals surface area contributed by atoms with Crippen LogP contribution in [-0.4, -0.2) is 27.8 Å². The van der Waals surface area contributed by atoms with Gasteiger partial charge in [0.1, 0.15) is 11.6 Å². The molecule has 2 rings (SSSR count). The fraction of sp³-hybridized carbons (Fsp3) is 0.364. The predicted octanol–water partition coefficient (Wildman–Crippen LogP) is 2.35. The highest BCUT2D eigenvalue weighted by Gasteiger charge is 2.30. The van der Waals surface area contributed by atoms with E-state index in [1.54, 1.807) is 0 Å². The second-order valence-corrected chi connectivity index (χ2v) is 3.88. The van der Waals surface area contributed by atoms with Crippen LogP contribution in [0.4, 0.5) is 9.18 Å². The van der Waals surface area contributed by atoms with Crippen molar-refractivity contribution in [1.82, 2.24) is 4.90 Å². The Balaban J connectivity index is 2.32. The van der Waals surface area contributed by atoms with Gasteiger partial charge in [0.05, 0.1) is 6.04 Å². The second-order valence-electron chi connectivity index (χ2n) is 3.88. The number of halogens is 1. The standard InChI is InChI=1S/C11H12FNO3/c12-8-4-7(5-9(14)6-8)10-2-1-3-13(10)11(15)16/h4-6,10,14H,1-3H2,(H,15,16). The zero-order valence-corrected chi connectivity index (χ0v) is 8.56. The molecule has 86 valence electrons. The van der Waals surface area contributed by atoms with Gasteiger partial charge in [-0.2, -0.15) is 0 Å². The van der Waals surface area contributed by atoms with Gasteiger partial charge < -0.3 is 15.1 Å². The Morgan fingerprint density at radius 1 is 1.44 bits per heavy atom. The summed E-state index contributed by atoms with van der Waals surface area (Å²) in [6.45, 7) is 0.456. The number of nitrogens with zero attached hydrogens (tertiary/aromatic N) is 1. The van der Waals surface area contributed by atoms with E-state index < -0.39 is 11.9 Å². The summed E-state index contributed by atoms with van der Waals surface area (Å²) in [6.07, 6.45) is 0.412. The molecule has 0 saturated carbocycles. The third kappa shape index (κ3) is 1.93. The van der Waals surface area contributed by atoms with Gasteiger partial charge in [0.15, 0.2) is 0 Å². The molecule has 1 saturated heterocycles. The van der Waals surface area contributed by atoms with Crippen molar-refractivity contribution < 1.29 is 19.4 Å². The number of likely N-dealkylation sites (tertiary alicyclic amines) is 1. The van der Waals surface area contributed by atoms with Gasteiger partial charge in [0, 0.05) is 12.6 Å². The maximum atomic E-state index is 13.1. The third-order valence-electron chi connectivity index (χ3n) is 2.79. The monoisotopic (exact) mass is 225 g/mol. The molecule has 1 aromatic rings. The molecule has 16 heavy (non-hydrogen) atoms. The summed E-state index contributed by atoms with van der Waals surface area (Å²) < 4.78 is 13.1. The number of rotatable bonds is 1. The van der Waals surface area contributed by atoms with Gasteiger partial charge in [-0.05, 0) is 30.5 Å². The Morgan fingerprint density at radius 3 is 2.81 bits per heavy atom. The van der Waals surface area contributed by atoms with Crippen LogP contribution >= 0.6 is 0 Å². The van der Waals surface area contributed by atoms with Crippen LogP contribution in [0.2, 0.25) is 0 Å². The minimum Gasteiger partial charge on any atom is -0.508 e. The first-order valence-electron chi connectivity index (χ1n) is 5.07. The number of aromatic hydroxyl groups is 1. The van der Waals surface area contributed by atoms with E-state index in [9.17, 15) is 14.3 Å². The Hall–Kier alpha value is -1.78. The highest BCUT2D eigenvalue weighted by Crippen LogP contribution is 2.33. The van der Waals surface area contributed by atoms with Gasteiger partial charge in [0.2, 0.25) is 0 Å². The van der Waals surface area contributed by atoms with Gasteiger partial charge in [0.25, 0.3) is 0 Å². The third-order valence-corrected chi connectivity index (χ3v) is 2.79. The summed E-state index contributed by atoms with van der Waals surface area (Å²) in [5.41, 5.74) is 0.511. The van der Waals surface area contributed by atoms with Crippen molar-refractivity contribution >= 4 is 6.09 Å². The van der Waals surface area contributed by atoms with E-state index in [1.165, 1.54) is 17.0 Å². The minimum absolute atomic E-state index is 0.174. The molecule has 1 heterocycles. The van der Waals surface area contributed by atoms with E-state index in [1.807, 2.05) is 0 Å². The van der Waals surface area contributed by atoms with Gasteiger partial charge >= 0.3 is 6.09 Å². The molecule has 1 atom stereocenters. The topological polar surface area (TPSA) is 60.8 Å². The largest absolute Gasteiger partial charge is 0.508 e. The molecular formula is C11H12FNO3. The summed E-state index contributed by atoms with van der Waals surface area (Å²) in [5.74, 6) is -0.723. The molecule has 1 aliphatic rings. The van der Waals surface area contributed by atoms with E-state index in [0.29, 0.717) is 18.5 Å². The lowest BCUT2D eigenvalue weighted by molar-refractivity contribution is 0.140. The van der Waals surface area contributed by atoms with Crippen LogP contribution in [0.1, 0.15) is 24.4 Å². The molecule has 1 unspecified atom stereocenters. The van der Waals surface area contributed by atoms with Gasteiger partial charge in [-0.25, -0.2) is 9.18 Å². The van der Waals surface area contributed by atoms with Crippen molar-refractivity contribution in [1.29, 1.82) is 0 Å². The number of carboxylic acid groups (broad SMARTS) is 1. The summed E-state index contributed by atoms with van der Waals surface area (Å²) in [5, 5.41) is 18.2. The van der Waals surface area contributed by atoms with Crippen LogP contribution < -0.4 is 0 Å². The van der Waals surface area contributed by atoms with Crippen molar-refractivity contribution in [3.8, 4) is 5.75 Å². The van der Waals surface area contributed by atoms with Crippen LogP contribution in [0.5, 0.6) is 5.75 Å². The van der Waals surface area contributed by atoms with Gasteiger partial charge in [-0.15, -0.1) is 0 Å². The SMILES string of the molecule is O=C(O)N1CCCC1c1cc(O)cc(F)c1. The molecule has 0 aliphatic carbocycles. The molecule has 0 bridgehead atoms. The number of carbonyl (C=O) groups is 1. The number of amides is 1. The molecule has 1 fully saturated rings. The number of hydrogen-bond acceptors (Lipinski definition) is 2. The van der Waals surface area contributed by atoms with Gasteiger partial charge in [-0.3, -0.25) is 0 Å². The molecular weight excluding hydrogens is 213 g/mol. The minimum atomic E-state index is -1.01. The fourth-order valence-electron chi connectivity index (χ4n) is 2.13. The number of phenols is 1. The lowest BCUT2D eigenvalue weighted by Crippen LogP contribution is -2.28. The smallest absolute Gasteiger partial charge is 0.407 e.